The molecule has 1 nitrogen and oxygen atoms in total. The van der Waals surface area contributed by atoms with Crippen LogP contribution >= 0.6 is 12.2 Å². The lowest BCUT2D eigenvalue weighted by Crippen LogP contribution is -2.38. The van der Waals surface area contributed by atoms with Crippen LogP contribution in [0.4, 0.5) is 0 Å². The van der Waals surface area contributed by atoms with Crippen LogP contribution in [0, 0.1) is 11.8 Å². The smallest absolute Gasteiger partial charge is 0.0789 e. The molecule has 1 aliphatic carbocycles. The number of nitrogens with zero attached hydrogens (tertiary/aromatic N) is 1. The summed E-state index contributed by atoms with van der Waals surface area (Å²) in [5, 5.41) is 0. The van der Waals surface area contributed by atoms with Crippen molar-refractivity contribution in [3.8, 4) is 0 Å². The van der Waals surface area contributed by atoms with Gasteiger partial charge in [-0.15, -0.1) is 0 Å². The zero-order chi connectivity index (χ0) is 10.1. The fourth-order valence-corrected chi connectivity index (χ4v) is 2.69. The number of thiocarbonyl (C=S) groups is 1. The standard InChI is InChI=1S/C12H17NS/c1-9-5-3-7-12-11(9)6-4-8-13(12)10(2)14/h3,5,7,9,11H,4,6,8H2,1-2H3. The quantitative estimate of drug-likeness (QED) is 0.561. The van der Waals surface area contributed by atoms with Crippen LogP contribution in [-0.2, 0) is 0 Å². The highest BCUT2D eigenvalue weighted by Crippen LogP contribution is 2.36. The lowest BCUT2D eigenvalue weighted by atomic mass is 9.81. The summed E-state index contributed by atoms with van der Waals surface area (Å²) in [4.78, 5) is 3.33. The molecule has 2 unspecified atom stereocenters. The first-order chi connectivity index (χ1) is 6.70. The van der Waals surface area contributed by atoms with Gasteiger partial charge in [-0.05, 0) is 31.8 Å². The van der Waals surface area contributed by atoms with E-state index in [9.17, 15) is 0 Å². The Hall–Kier alpha value is -0.630. The molecule has 0 amide bonds. The molecule has 1 fully saturated rings. The summed E-state index contributed by atoms with van der Waals surface area (Å²) in [6.45, 7) is 5.44. The Kier molecular flexibility index (Phi) is 2.73. The van der Waals surface area contributed by atoms with Crippen molar-refractivity contribution in [2.24, 2.45) is 11.8 Å². The predicted octanol–water partition coefficient (Wildman–Crippen LogP) is 3.14. The van der Waals surface area contributed by atoms with E-state index in [-0.39, 0.29) is 0 Å². The monoisotopic (exact) mass is 207 g/mol. The Balaban J connectivity index is 2.27. The van der Waals surface area contributed by atoms with Gasteiger partial charge in [-0.25, -0.2) is 0 Å². The van der Waals surface area contributed by atoms with Crippen molar-refractivity contribution in [3.05, 3.63) is 23.9 Å². The van der Waals surface area contributed by atoms with Crippen LogP contribution in [0.2, 0.25) is 0 Å². The molecule has 0 N–H and O–H groups in total. The number of likely N-dealkylation sites (tertiary alicyclic amines) is 1. The van der Waals surface area contributed by atoms with E-state index in [1.165, 1.54) is 18.5 Å². The second-order valence-corrected chi connectivity index (χ2v) is 4.85. The summed E-state index contributed by atoms with van der Waals surface area (Å²) in [5.74, 6) is 1.37. The molecule has 0 aromatic carbocycles. The van der Waals surface area contributed by atoms with Gasteiger partial charge in [0.25, 0.3) is 0 Å². The Morgan fingerprint density at radius 3 is 3.07 bits per heavy atom. The third kappa shape index (κ3) is 1.63. The molecule has 2 heteroatoms. The van der Waals surface area contributed by atoms with Crippen molar-refractivity contribution < 1.29 is 0 Å². The van der Waals surface area contributed by atoms with Crippen LogP contribution in [0.5, 0.6) is 0 Å². The van der Waals surface area contributed by atoms with E-state index in [2.05, 4.69) is 30.1 Å². The fourth-order valence-electron chi connectivity index (χ4n) is 2.50. The minimum absolute atomic E-state index is 0.673. The van der Waals surface area contributed by atoms with E-state index >= 15 is 0 Å². The minimum Gasteiger partial charge on any atom is -0.340 e. The van der Waals surface area contributed by atoms with Crippen LogP contribution in [0.1, 0.15) is 26.7 Å². The highest BCUT2D eigenvalue weighted by Gasteiger charge is 2.29. The number of hydrogen-bond acceptors (Lipinski definition) is 1. The molecule has 0 bridgehead atoms. The largest absolute Gasteiger partial charge is 0.340 e. The van der Waals surface area contributed by atoms with Crippen LogP contribution in [-0.4, -0.2) is 16.4 Å². The molecule has 1 aliphatic heterocycles. The van der Waals surface area contributed by atoms with Gasteiger partial charge in [0, 0.05) is 18.2 Å². The highest BCUT2D eigenvalue weighted by molar-refractivity contribution is 7.80. The van der Waals surface area contributed by atoms with Gasteiger partial charge >= 0.3 is 0 Å². The van der Waals surface area contributed by atoms with Crippen molar-refractivity contribution in [1.82, 2.24) is 4.90 Å². The van der Waals surface area contributed by atoms with Crippen molar-refractivity contribution >= 4 is 17.2 Å². The summed E-state index contributed by atoms with van der Waals surface area (Å²) in [6, 6.07) is 0. The van der Waals surface area contributed by atoms with Gasteiger partial charge in [0.05, 0.1) is 4.99 Å². The Morgan fingerprint density at radius 1 is 1.57 bits per heavy atom. The molecular formula is C12H17NS. The van der Waals surface area contributed by atoms with Gasteiger partial charge in [-0.2, -0.15) is 0 Å². The molecule has 2 rings (SSSR count). The van der Waals surface area contributed by atoms with Crippen molar-refractivity contribution in [2.45, 2.75) is 26.7 Å². The lowest BCUT2D eigenvalue weighted by Gasteiger charge is -2.40. The number of hydrogen-bond donors (Lipinski definition) is 0. The highest BCUT2D eigenvalue weighted by atomic mass is 32.1. The maximum absolute atomic E-state index is 5.28. The first-order valence-corrected chi connectivity index (χ1v) is 5.77. The van der Waals surface area contributed by atoms with E-state index < -0.39 is 0 Å². The second kappa shape index (κ2) is 3.85. The molecule has 2 atom stereocenters. The average molecular weight is 207 g/mol. The van der Waals surface area contributed by atoms with Gasteiger partial charge < -0.3 is 4.90 Å². The lowest BCUT2D eigenvalue weighted by molar-refractivity contribution is 0.289. The van der Waals surface area contributed by atoms with Gasteiger partial charge in [0.15, 0.2) is 0 Å². The van der Waals surface area contributed by atoms with Gasteiger partial charge in [0.1, 0.15) is 0 Å². The van der Waals surface area contributed by atoms with Crippen LogP contribution < -0.4 is 0 Å². The summed E-state index contributed by atoms with van der Waals surface area (Å²) < 4.78 is 0. The summed E-state index contributed by atoms with van der Waals surface area (Å²) in [7, 11) is 0. The summed E-state index contributed by atoms with van der Waals surface area (Å²) in [6.07, 6.45) is 9.30. The van der Waals surface area contributed by atoms with Crippen molar-refractivity contribution in [3.63, 3.8) is 0 Å². The summed E-state index contributed by atoms with van der Waals surface area (Å²) in [5.41, 5.74) is 1.44. The Bertz CT molecular complexity index is 303. The van der Waals surface area contributed by atoms with Gasteiger partial charge in [-0.1, -0.05) is 31.3 Å². The molecular weight excluding hydrogens is 190 g/mol. The maximum atomic E-state index is 5.28. The molecule has 2 aliphatic rings. The number of fused-ring (bicyclic) bond motifs is 1. The van der Waals surface area contributed by atoms with Crippen LogP contribution in [0.3, 0.4) is 0 Å². The second-order valence-electron chi connectivity index (χ2n) is 4.25. The number of piperidine rings is 1. The fraction of sp³-hybridized carbons (Fsp3) is 0.583. The zero-order valence-electron chi connectivity index (χ0n) is 8.86. The van der Waals surface area contributed by atoms with E-state index in [4.69, 9.17) is 12.2 Å². The molecule has 0 radical (unpaired) electrons. The first kappa shape index (κ1) is 9.91. The minimum atomic E-state index is 0.673. The Labute approximate surface area is 91.5 Å². The average Bonchev–Trinajstić information content (AvgIpc) is 2.17. The zero-order valence-corrected chi connectivity index (χ0v) is 9.68. The van der Waals surface area contributed by atoms with E-state index in [0.717, 1.165) is 11.5 Å². The van der Waals surface area contributed by atoms with Crippen LogP contribution in [0.15, 0.2) is 23.9 Å². The van der Waals surface area contributed by atoms with Gasteiger partial charge in [-0.3, -0.25) is 0 Å². The normalized spacial score (nSPS) is 31.0. The molecule has 76 valence electrons. The molecule has 0 saturated carbocycles. The van der Waals surface area contributed by atoms with Crippen LogP contribution in [0.25, 0.3) is 0 Å². The third-order valence-corrected chi connectivity index (χ3v) is 3.51. The molecule has 1 heterocycles. The molecule has 0 spiro atoms. The first-order valence-electron chi connectivity index (χ1n) is 5.36. The van der Waals surface area contributed by atoms with E-state index in [0.29, 0.717) is 11.8 Å². The third-order valence-electron chi connectivity index (χ3n) is 3.28. The SMILES string of the molecule is CC(=S)N1CCCC2C1=CC=CC2C. The Morgan fingerprint density at radius 2 is 2.36 bits per heavy atom. The molecule has 0 aromatic heterocycles. The molecule has 14 heavy (non-hydrogen) atoms. The van der Waals surface area contributed by atoms with Crippen molar-refractivity contribution in [1.29, 1.82) is 0 Å². The molecule has 0 aromatic rings. The molecule has 1 saturated heterocycles. The maximum Gasteiger partial charge on any atom is 0.0789 e. The topological polar surface area (TPSA) is 3.24 Å². The van der Waals surface area contributed by atoms with E-state index in [1.54, 1.807) is 0 Å². The predicted molar refractivity (Wildman–Crippen MR) is 64.1 cm³/mol. The number of allylic oxidation sites excluding steroid dienone is 4. The summed E-state index contributed by atoms with van der Waals surface area (Å²) >= 11 is 5.28. The van der Waals surface area contributed by atoms with Gasteiger partial charge in [0.2, 0.25) is 0 Å². The number of rotatable bonds is 0. The van der Waals surface area contributed by atoms with E-state index in [1.807, 2.05) is 6.92 Å². The van der Waals surface area contributed by atoms with Crippen molar-refractivity contribution in [2.75, 3.05) is 6.54 Å².